The molecule has 0 aromatic heterocycles. The summed E-state index contributed by atoms with van der Waals surface area (Å²) in [5.41, 5.74) is 0.805. The average molecular weight is 290 g/mol. The quantitative estimate of drug-likeness (QED) is 0.717. The number of aliphatic hydroxyl groups excluding tert-OH is 1. The average Bonchev–Trinajstić information content (AvgIpc) is 2.52. The number of benzene rings is 1. The summed E-state index contributed by atoms with van der Waals surface area (Å²) in [4.78, 5) is 13.3. The number of likely N-dealkylation sites (N-methyl/N-ethyl adjacent to an activating group) is 2. The smallest absolute Gasteiger partial charge is 0.233 e. The monoisotopic (exact) mass is 290 g/mol. The molecule has 0 aliphatic heterocycles. The maximum Gasteiger partial charge on any atom is 0.233 e. The van der Waals surface area contributed by atoms with Crippen LogP contribution in [0.5, 0.6) is 5.75 Å². The Morgan fingerprint density at radius 3 is 2.95 bits per heavy atom. The Labute approximate surface area is 125 Å². The van der Waals surface area contributed by atoms with Gasteiger partial charge in [0.2, 0.25) is 5.91 Å². The molecule has 0 aliphatic carbocycles. The number of hydrogen-bond donors (Lipinski definition) is 2. The van der Waals surface area contributed by atoms with Crippen molar-refractivity contribution in [1.82, 2.24) is 10.2 Å². The van der Waals surface area contributed by atoms with E-state index in [0.717, 1.165) is 17.9 Å². The lowest BCUT2D eigenvalue weighted by Crippen LogP contribution is -2.37. The molecule has 0 heterocycles. The summed E-state index contributed by atoms with van der Waals surface area (Å²) >= 11 is 0. The Bertz CT molecular complexity index is 506. The van der Waals surface area contributed by atoms with Crippen molar-refractivity contribution >= 4 is 5.91 Å². The Morgan fingerprint density at radius 1 is 1.48 bits per heavy atom. The Morgan fingerprint density at radius 2 is 2.29 bits per heavy atom. The number of aliphatic hydroxyl groups is 1. The van der Waals surface area contributed by atoms with Gasteiger partial charge in [0.05, 0.1) is 6.54 Å². The zero-order chi connectivity index (χ0) is 15.5. The third kappa shape index (κ3) is 6.80. The van der Waals surface area contributed by atoms with Crippen LogP contribution in [0.3, 0.4) is 0 Å². The summed E-state index contributed by atoms with van der Waals surface area (Å²) in [5.74, 6) is 6.17. The molecule has 0 fully saturated rings. The summed E-state index contributed by atoms with van der Waals surface area (Å²) in [6.07, 6.45) is 0. The van der Waals surface area contributed by atoms with E-state index in [2.05, 4.69) is 17.2 Å². The van der Waals surface area contributed by atoms with E-state index in [1.54, 1.807) is 7.05 Å². The molecule has 0 saturated carbocycles. The number of amides is 1. The van der Waals surface area contributed by atoms with E-state index in [-0.39, 0.29) is 12.5 Å². The largest absolute Gasteiger partial charge is 0.492 e. The van der Waals surface area contributed by atoms with Gasteiger partial charge in [0.25, 0.3) is 0 Å². The van der Waals surface area contributed by atoms with Crippen molar-refractivity contribution in [2.24, 2.45) is 0 Å². The molecule has 0 aliphatic rings. The molecule has 0 bridgehead atoms. The fourth-order valence-electron chi connectivity index (χ4n) is 1.73. The normalized spacial score (nSPS) is 9.90. The zero-order valence-electron chi connectivity index (χ0n) is 12.6. The molecule has 114 valence electrons. The van der Waals surface area contributed by atoms with Crippen LogP contribution < -0.4 is 10.1 Å². The van der Waals surface area contributed by atoms with Crippen LogP contribution in [0.2, 0.25) is 0 Å². The first kappa shape index (κ1) is 17.0. The molecule has 0 spiro atoms. The van der Waals surface area contributed by atoms with Crippen LogP contribution in [-0.4, -0.2) is 55.8 Å². The van der Waals surface area contributed by atoms with Crippen molar-refractivity contribution in [3.8, 4) is 17.6 Å². The summed E-state index contributed by atoms with van der Waals surface area (Å²) in [5, 5.41) is 11.3. The molecular weight excluding hydrogens is 268 g/mol. The van der Waals surface area contributed by atoms with Crippen molar-refractivity contribution < 1.29 is 14.6 Å². The van der Waals surface area contributed by atoms with Crippen molar-refractivity contribution in [3.05, 3.63) is 29.8 Å². The molecule has 0 radical (unpaired) electrons. The highest BCUT2D eigenvalue weighted by Crippen LogP contribution is 2.12. The Balaban J connectivity index is 2.45. The fraction of sp³-hybridized carbons (Fsp3) is 0.438. The SMILES string of the molecule is CCN(CCOc1cccc(C#CCO)c1)CC(=O)NC. The Kier molecular flexibility index (Phi) is 7.95. The van der Waals surface area contributed by atoms with Gasteiger partial charge in [-0.1, -0.05) is 24.8 Å². The maximum absolute atomic E-state index is 11.3. The second-order valence-corrected chi connectivity index (χ2v) is 4.38. The van der Waals surface area contributed by atoms with Gasteiger partial charge in [-0.2, -0.15) is 0 Å². The number of hydrogen-bond acceptors (Lipinski definition) is 4. The number of carbonyl (C=O) groups is 1. The molecule has 1 aromatic rings. The van der Waals surface area contributed by atoms with E-state index in [1.807, 2.05) is 36.1 Å². The summed E-state index contributed by atoms with van der Waals surface area (Å²) in [6.45, 7) is 4.19. The highest BCUT2D eigenvalue weighted by atomic mass is 16.5. The number of rotatable bonds is 7. The molecular formula is C16H22N2O3. The predicted octanol–water partition coefficient (Wildman–Crippen LogP) is 0.477. The van der Waals surface area contributed by atoms with E-state index in [4.69, 9.17) is 9.84 Å². The standard InChI is InChI=1S/C16H22N2O3/c1-3-18(13-16(20)17-2)9-11-21-15-8-4-6-14(12-15)7-5-10-19/h4,6,8,12,19H,3,9-11,13H2,1-2H3,(H,17,20). The van der Waals surface area contributed by atoms with Gasteiger partial charge < -0.3 is 15.2 Å². The third-order valence-electron chi connectivity index (χ3n) is 2.92. The van der Waals surface area contributed by atoms with Crippen LogP contribution >= 0.6 is 0 Å². The first-order chi connectivity index (χ1) is 10.2. The molecule has 1 amide bonds. The number of nitrogens with zero attached hydrogens (tertiary/aromatic N) is 1. The van der Waals surface area contributed by atoms with E-state index < -0.39 is 0 Å². The van der Waals surface area contributed by atoms with Crippen molar-refractivity contribution in [2.75, 3.05) is 39.9 Å². The number of ether oxygens (including phenoxy) is 1. The highest BCUT2D eigenvalue weighted by Gasteiger charge is 2.07. The number of nitrogens with one attached hydrogen (secondary N) is 1. The second kappa shape index (κ2) is 9.81. The minimum Gasteiger partial charge on any atom is -0.492 e. The van der Waals surface area contributed by atoms with E-state index >= 15 is 0 Å². The van der Waals surface area contributed by atoms with Gasteiger partial charge in [0.1, 0.15) is 19.0 Å². The summed E-state index contributed by atoms with van der Waals surface area (Å²) < 4.78 is 5.67. The minimum atomic E-state index is -0.157. The first-order valence-corrected chi connectivity index (χ1v) is 6.95. The van der Waals surface area contributed by atoms with Crippen LogP contribution in [-0.2, 0) is 4.79 Å². The number of carbonyl (C=O) groups excluding carboxylic acids is 1. The van der Waals surface area contributed by atoms with E-state index in [0.29, 0.717) is 19.7 Å². The van der Waals surface area contributed by atoms with Gasteiger partial charge in [0.15, 0.2) is 0 Å². The molecule has 1 aromatic carbocycles. The van der Waals surface area contributed by atoms with Gasteiger partial charge in [-0.15, -0.1) is 0 Å². The summed E-state index contributed by atoms with van der Waals surface area (Å²) in [6, 6.07) is 7.41. The highest BCUT2D eigenvalue weighted by molar-refractivity contribution is 5.77. The van der Waals surface area contributed by atoms with Gasteiger partial charge in [-0.05, 0) is 24.7 Å². The molecule has 21 heavy (non-hydrogen) atoms. The zero-order valence-corrected chi connectivity index (χ0v) is 12.6. The molecule has 5 nitrogen and oxygen atoms in total. The van der Waals surface area contributed by atoms with Gasteiger partial charge >= 0.3 is 0 Å². The van der Waals surface area contributed by atoms with E-state index in [1.165, 1.54) is 0 Å². The van der Waals surface area contributed by atoms with Crippen molar-refractivity contribution in [2.45, 2.75) is 6.92 Å². The lowest BCUT2D eigenvalue weighted by molar-refractivity contribution is -0.121. The Hall–Kier alpha value is -2.03. The van der Waals surface area contributed by atoms with Crippen molar-refractivity contribution in [1.29, 1.82) is 0 Å². The molecule has 0 saturated heterocycles. The van der Waals surface area contributed by atoms with Crippen LogP contribution in [0.1, 0.15) is 12.5 Å². The lowest BCUT2D eigenvalue weighted by atomic mass is 10.2. The topological polar surface area (TPSA) is 61.8 Å². The van der Waals surface area contributed by atoms with Crippen LogP contribution in [0.4, 0.5) is 0 Å². The van der Waals surface area contributed by atoms with Crippen LogP contribution in [0, 0.1) is 11.8 Å². The van der Waals surface area contributed by atoms with Gasteiger partial charge in [0, 0.05) is 19.2 Å². The van der Waals surface area contributed by atoms with Crippen molar-refractivity contribution in [3.63, 3.8) is 0 Å². The molecule has 1 rings (SSSR count). The predicted molar refractivity (Wildman–Crippen MR) is 82.1 cm³/mol. The third-order valence-corrected chi connectivity index (χ3v) is 2.92. The molecule has 2 N–H and O–H groups in total. The van der Waals surface area contributed by atoms with Gasteiger partial charge in [-0.3, -0.25) is 9.69 Å². The van der Waals surface area contributed by atoms with Crippen LogP contribution in [0.15, 0.2) is 24.3 Å². The molecule has 0 atom stereocenters. The maximum atomic E-state index is 11.3. The molecule has 5 heteroatoms. The summed E-state index contributed by atoms with van der Waals surface area (Å²) in [7, 11) is 1.63. The second-order valence-electron chi connectivity index (χ2n) is 4.38. The molecule has 0 unspecified atom stereocenters. The fourth-order valence-corrected chi connectivity index (χ4v) is 1.73. The van der Waals surface area contributed by atoms with E-state index in [9.17, 15) is 4.79 Å². The van der Waals surface area contributed by atoms with Crippen LogP contribution in [0.25, 0.3) is 0 Å². The lowest BCUT2D eigenvalue weighted by Gasteiger charge is -2.19. The van der Waals surface area contributed by atoms with Gasteiger partial charge in [-0.25, -0.2) is 0 Å². The minimum absolute atomic E-state index is 0.00174. The first-order valence-electron chi connectivity index (χ1n) is 6.95.